The predicted molar refractivity (Wildman–Crippen MR) is 93.7 cm³/mol. The zero-order chi connectivity index (χ0) is 18.0. The highest BCUT2D eigenvalue weighted by molar-refractivity contribution is 9.10. The average molecular weight is 404 g/mol. The number of nitro groups is 1. The minimum Gasteiger partial charge on any atom is -0.273 e. The summed E-state index contributed by atoms with van der Waals surface area (Å²) >= 11 is 3.40. The van der Waals surface area contributed by atoms with Crippen LogP contribution in [0.3, 0.4) is 0 Å². The number of non-ortho nitro benzene ring substituents is 1. The van der Waals surface area contributed by atoms with Crippen molar-refractivity contribution < 1.29 is 14.5 Å². The topological polar surface area (TPSA) is 101 Å². The van der Waals surface area contributed by atoms with Gasteiger partial charge in [-0.25, -0.2) is 0 Å². The van der Waals surface area contributed by atoms with Crippen LogP contribution < -0.4 is 10.9 Å². The monoisotopic (exact) mass is 403 g/mol. The van der Waals surface area contributed by atoms with Gasteiger partial charge in [0.05, 0.1) is 4.92 Å². The molecular formula is C17H14BrN3O4. The first-order valence-corrected chi connectivity index (χ1v) is 8.35. The minimum atomic E-state index is -0.600. The van der Waals surface area contributed by atoms with Crippen molar-refractivity contribution in [2.45, 2.75) is 12.3 Å². The maximum Gasteiger partial charge on any atom is 0.270 e. The summed E-state index contributed by atoms with van der Waals surface area (Å²) < 4.78 is 0.954. The lowest BCUT2D eigenvalue weighted by Gasteiger charge is -2.07. The summed E-state index contributed by atoms with van der Waals surface area (Å²) in [6.07, 6.45) is 0.717. The number of hydrazine groups is 1. The second kappa shape index (κ2) is 7.02. The molecule has 0 bridgehead atoms. The zero-order valence-electron chi connectivity index (χ0n) is 12.9. The van der Waals surface area contributed by atoms with Crippen LogP contribution in [0.15, 0.2) is 53.0 Å². The van der Waals surface area contributed by atoms with Gasteiger partial charge in [-0.2, -0.15) is 0 Å². The highest BCUT2D eigenvalue weighted by Gasteiger charge is 2.44. The van der Waals surface area contributed by atoms with Gasteiger partial charge in [-0.05, 0) is 36.1 Å². The smallest absolute Gasteiger partial charge is 0.270 e. The van der Waals surface area contributed by atoms with Crippen LogP contribution in [0.4, 0.5) is 5.69 Å². The van der Waals surface area contributed by atoms with E-state index >= 15 is 0 Å². The van der Waals surface area contributed by atoms with Crippen LogP contribution >= 0.6 is 15.9 Å². The van der Waals surface area contributed by atoms with Crippen LogP contribution in [-0.4, -0.2) is 16.7 Å². The number of halogens is 1. The summed E-state index contributed by atoms with van der Waals surface area (Å²) in [6.45, 7) is 0. The van der Waals surface area contributed by atoms with Crippen molar-refractivity contribution in [1.82, 2.24) is 10.9 Å². The quantitative estimate of drug-likeness (QED) is 0.604. The molecule has 2 atom stereocenters. The van der Waals surface area contributed by atoms with Gasteiger partial charge >= 0.3 is 0 Å². The average Bonchev–Trinajstić information content (AvgIpc) is 3.40. The Kier molecular flexibility index (Phi) is 4.80. The number of hydrogen-bond acceptors (Lipinski definition) is 4. The van der Waals surface area contributed by atoms with E-state index in [2.05, 4.69) is 26.8 Å². The molecule has 1 saturated carbocycles. The third kappa shape index (κ3) is 4.03. The third-order valence-electron chi connectivity index (χ3n) is 4.02. The van der Waals surface area contributed by atoms with Gasteiger partial charge in [-0.1, -0.05) is 34.1 Å². The molecule has 0 aromatic heterocycles. The van der Waals surface area contributed by atoms with Crippen molar-refractivity contribution >= 4 is 33.4 Å². The van der Waals surface area contributed by atoms with Gasteiger partial charge in [-0.15, -0.1) is 0 Å². The van der Waals surface area contributed by atoms with Crippen LogP contribution in [0.5, 0.6) is 0 Å². The van der Waals surface area contributed by atoms with E-state index in [4.69, 9.17) is 0 Å². The van der Waals surface area contributed by atoms with Crippen LogP contribution in [0.1, 0.15) is 28.3 Å². The van der Waals surface area contributed by atoms with Crippen LogP contribution in [-0.2, 0) is 4.79 Å². The summed E-state index contributed by atoms with van der Waals surface area (Å²) in [5.74, 6) is -0.938. The molecule has 128 valence electrons. The molecule has 25 heavy (non-hydrogen) atoms. The number of nitro benzene ring substituents is 1. The van der Waals surface area contributed by atoms with Crippen LogP contribution in [0.25, 0.3) is 0 Å². The maximum absolute atomic E-state index is 12.1. The van der Waals surface area contributed by atoms with E-state index in [1.165, 1.54) is 18.2 Å². The first kappa shape index (κ1) is 17.1. The number of carbonyl (C=O) groups excluding carboxylic acids is 2. The number of amides is 2. The molecule has 8 heteroatoms. The Balaban J connectivity index is 1.55. The lowest BCUT2D eigenvalue weighted by atomic mass is 10.1. The lowest BCUT2D eigenvalue weighted by molar-refractivity contribution is -0.384. The van der Waals surface area contributed by atoms with E-state index in [1.807, 2.05) is 24.3 Å². The summed E-state index contributed by atoms with van der Waals surface area (Å²) in [7, 11) is 0. The molecule has 0 heterocycles. The Hall–Kier alpha value is -2.74. The van der Waals surface area contributed by atoms with E-state index in [0.29, 0.717) is 0 Å². The normalized spacial score (nSPS) is 18.3. The minimum absolute atomic E-state index is 0.105. The Morgan fingerprint density at radius 1 is 1.12 bits per heavy atom. The van der Waals surface area contributed by atoms with Crippen molar-refractivity contribution in [3.63, 3.8) is 0 Å². The second-order valence-electron chi connectivity index (χ2n) is 5.75. The highest BCUT2D eigenvalue weighted by Crippen LogP contribution is 2.47. The fourth-order valence-electron chi connectivity index (χ4n) is 2.63. The van der Waals surface area contributed by atoms with Crippen LogP contribution in [0.2, 0.25) is 0 Å². The Labute approximate surface area is 151 Å². The van der Waals surface area contributed by atoms with Gasteiger partial charge in [0.25, 0.3) is 11.6 Å². The summed E-state index contributed by atoms with van der Waals surface area (Å²) in [5, 5.41) is 10.7. The van der Waals surface area contributed by atoms with E-state index in [0.717, 1.165) is 22.5 Å². The Morgan fingerprint density at radius 2 is 1.88 bits per heavy atom. The summed E-state index contributed by atoms with van der Waals surface area (Å²) in [5.41, 5.74) is 5.68. The molecule has 2 N–H and O–H groups in total. The van der Waals surface area contributed by atoms with Gasteiger partial charge in [0.2, 0.25) is 5.91 Å². The van der Waals surface area contributed by atoms with Crippen LogP contribution in [0, 0.1) is 16.0 Å². The first-order valence-electron chi connectivity index (χ1n) is 7.56. The molecule has 1 fully saturated rings. The Morgan fingerprint density at radius 3 is 2.60 bits per heavy atom. The van der Waals surface area contributed by atoms with Crippen molar-refractivity contribution in [3.05, 3.63) is 74.2 Å². The fourth-order valence-corrected chi connectivity index (χ4v) is 3.05. The van der Waals surface area contributed by atoms with Gasteiger partial charge in [-0.3, -0.25) is 30.6 Å². The van der Waals surface area contributed by atoms with Crippen molar-refractivity contribution in [2.24, 2.45) is 5.92 Å². The number of benzene rings is 2. The number of carbonyl (C=O) groups is 2. The number of nitrogens with zero attached hydrogens (tertiary/aromatic N) is 1. The molecule has 2 amide bonds. The van der Waals surface area contributed by atoms with Gasteiger partial charge in [0.1, 0.15) is 0 Å². The molecule has 0 spiro atoms. The molecule has 2 unspecified atom stereocenters. The number of rotatable bonds is 4. The molecule has 7 nitrogen and oxygen atoms in total. The van der Waals surface area contributed by atoms with Gasteiger partial charge in [0, 0.05) is 28.1 Å². The van der Waals surface area contributed by atoms with Crippen molar-refractivity contribution in [3.8, 4) is 0 Å². The second-order valence-corrected chi connectivity index (χ2v) is 6.67. The van der Waals surface area contributed by atoms with Gasteiger partial charge in [0.15, 0.2) is 0 Å². The molecule has 1 aliphatic carbocycles. The predicted octanol–water partition coefficient (Wildman–Crippen LogP) is 2.92. The molecular weight excluding hydrogens is 390 g/mol. The lowest BCUT2D eigenvalue weighted by Crippen LogP contribution is -2.42. The molecule has 0 aliphatic heterocycles. The fraction of sp³-hybridized carbons (Fsp3) is 0.176. The summed E-state index contributed by atoms with van der Waals surface area (Å²) in [4.78, 5) is 34.3. The SMILES string of the molecule is O=C(NNC(=O)C1CC1c1cccc(Br)c1)c1cccc([N+](=O)[O-])c1. The van der Waals surface area contributed by atoms with Crippen molar-refractivity contribution in [1.29, 1.82) is 0 Å². The Bertz CT molecular complexity index is 855. The molecule has 2 aromatic carbocycles. The van der Waals surface area contributed by atoms with E-state index < -0.39 is 10.8 Å². The molecule has 0 radical (unpaired) electrons. The largest absolute Gasteiger partial charge is 0.273 e. The summed E-state index contributed by atoms with van der Waals surface area (Å²) in [6, 6.07) is 13.1. The molecule has 2 aromatic rings. The third-order valence-corrected chi connectivity index (χ3v) is 4.52. The van der Waals surface area contributed by atoms with E-state index in [-0.39, 0.29) is 29.0 Å². The van der Waals surface area contributed by atoms with E-state index in [1.54, 1.807) is 0 Å². The highest BCUT2D eigenvalue weighted by atomic mass is 79.9. The maximum atomic E-state index is 12.1. The zero-order valence-corrected chi connectivity index (χ0v) is 14.5. The molecule has 1 aliphatic rings. The molecule has 0 saturated heterocycles. The van der Waals surface area contributed by atoms with E-state index in [9.17, 15) is 19.7 Å². The first-order chi connectivity index (χ1) is 12.0. The standard InChI is InChI=1S/C17H14BrN3O4/c18-12-5-1-3-10(7-12)14-9-15(14)17(23)20-19-16(22)11-4-2-6-13(8-11)21(24)25/h1-8,14-15H,9H2,(H,19,22)(H,20,23). The van der Waals surface area contributed by atoms with Gasteiger partial charge < -0.3 is 0 Å². The number of hydrogen-bond donors (Lipinski definition) is 2. The molecule has 3 rings (SSSR count). The number of nitrogens with one attached hydrogen (secondary N) is 2. The van der Waals surface area contributed by atoms with Crippen molar-refractivity contribution in [2.75, 3.05) is 0 Å².